The first kappa shape index (κ1) is 25.4. The molecule has 1 aliphatic rings. The number of ether oxygens (including phenoxy) is 1. The molecule has 190 valence electrons. The van der Waals surface area contributed by atoms with Crippen molar-refractivity contribution in [3.8, 4) is 17.0 Å². The third kappa shape index (κ3) is 4.58. The van der Waals surface area contributed by atoms with Gasteiger partial charge in [0, 0.05) is 23.8 Å². The minimum atomic E-state index is -4.30. The van der Waals surface area contributed by atoms with Gasteiger partial charge in [-0.25, -0.2) is 27.5 Å². The molecular formula is C25H28FN5O4S. The van der Waals surface area contributed by atoms with E-state index in [1.165, 1.54) is 55.8 Å². The number of halogens is 1. The monoisotopic (exact) mass is 513 g/mol. The number of carbonyl (C=O) groups is 1. The molecule has 0 bridgehead atoms. The number of hydrogen-bond donors (Lipinski definition) is 2. The van der Waals surface area contributed by atoms with Crippen LogP contribution in [0.15, 0.2) is 53.6 Å². The summed E-state index contributed by atoms with van der Waals surface area (Å²) in [5.41, 5.74) is 6.19. The lowest BCUT2D eigenvalue weighted by molar-refractivity contribution is 0.0981. The van der Waals surface area contributed by atoms with E-state index in [0.717, 1.165) is 6.42 Å². The molecular weight excluding hydrogens is 485 g/mol. The van der Waals surface area contributed by atoms with Crippen molar-refractivity contribution in [3.63, 3.8) is 0 Å². The highest BCUT2D eigenvalue weighted by molar-refractivity contribution is 7.90. The van der Waals surface area contributed by atoms with E-state index in [1.54, 1.807) is 0 Å². The Morgan fingerprint density at radius 1 is 1.25 bits per heavy atom. The fourth-order valence-electron chi connectivity index (χ4n) is 4.33. The molecule has 1 aliphatic heterocycles. The molecule has 0 radical (unpaired) electrons. The van der Waals surface area contributed by atoms with Crippen LogP contribution in [-0.2, 0) is 10.0 Å². The number of amides is 1. The molecule has 3 N–H and O–H groups in total. The van der Waals surface area contributed by atoms with E-state index in [0.29, 0.717) is 29.4 Å². The van der Waals surface area contributed by atoms with Crippen molar-refractivity contribution in [3.05, 3.63) is 60.0 Å². The number of nitrogens with one attached hydrogen (secondary N) is 1. The summed E-state index contributed by atoms with van der Waals surface area (Å²) in [6, 6.07) is 9.79. The minimum Gasteiger partial charge on any atom is -0.496 e. The van der Waals surface area contributed by atoms with Gasteiger partial charge >= 0.3 is 0 Å². The van der Waals surface area contributed by atoms with Gasteiger partial charge in [0.05, 0.1) is 18.4 Å². The Morgan fingerprint density at radius 3 is 2.64 bits per heavy atom. The molecule has 1 amide bonds. The fourth-order valence-corrected chi connectivity index (χ4v) is 5.38. The number of carbonyl (C=O) groups excluding carboxylic acids is 1. The zero-order valence-corrected chi connectivity index (χ0v) is 21.3. The minimum absolute atomic E-state index is 0.0577. The Balaban J connectivity index is 1.82. The molecule has 2 aromatic heterocycles. The first-order valence-corrected chi connectivity index (χ1v) is 12.8. The second-order valence-corrected chi connectivity index (χ2v) is 10.9. The van der Waals surface area contributed by atoms with Gasteiger partial charge in [0.2, 0.25) is 0 Å². The van der Waals surface area contributed by atoms with E-state index >= 15 is 0 Å². The van der Waals surface area contributed by atoms with Crippen molar-refractivity contribution in [1.29, 1.82) is 0 Å². The van der Waals surface area contributed by atoms with Crippen LogP contribution in [0.25, 0.3) is 11.3 Å². The highest BCUT2D eigenvalue weighted by Gasteiger charge is 2.41. The van der Waals surface area contributed by atoms with E-state index in [9.17, 15) is 17.6 Å². The first-order valence-electron chi connectivity index (χ1n) is 11.4. The van der Waals surface area contributed by atoms with Gasteiger partial charge < -0.3 is 15.4 Å². The second-order valence-electron chi connectivity index (χ2n) is 9.23. The molecule has 11 heteroatoms. The maximum absolute atomic E-state index is 14.1. The Labute approximate surface area is 209 Å². The molecule has 1 fully saturated rings. The largest absolute Gasteiger partial charge is 0.496 e. The Bertz CT molecular complexity index is 1430. The van der Waals surface area contributed by atoms with Crippen LogP contribution in [0.2, 0.25) is 0 Å². The maximum Gasteiger partial charge on any atom is 0.268 e. The van der Waals surface area contributed by atoms with Gasteiger partial charge in [-0.3, -0.25) is 4.79 Å². The molecule has 1 saturated heterocycles. The lowest BCUT2D eigenvalue weighted by atomic mass is 9.90. The number of rotatable bonds is 6. The highest BCUT2D eigenvalue weighted by atomic mass is 32.2. The summed E-state index contributed by atoms with van der Waals surface area (Å²) >= 11 is 0. The van der Waals surface area contributed by atoms with Crippen molar-refractivity contribution in [2.45, 2.75) is 37.6 Å². The molecule has 1 atom stereocenters. The summed E-state index contributed by atoms with van der Waals surface area (Å²) in [4.78, 5) is 23.5. The molecule has 3 aromatic rings. The lowest BCUT2D eigenvalue weighted by Gasteiger charge is -2.36. The quantitative estimate of drug-likeness (QED) is 0.512. The van der Waals surface area contributed by atoms with Crippen molar-refractivity contribution in [2.75, 3.05) is 24.3 Å². The first-order chi connectivity index (χ1) is 17.0. The molecule has 0 aliphatic carbocycles. The fraction of sp³-hybridized carbons (Fsp3) is 0.320. The lowest BCUT2D eigenvalue weighted by Crippen LogP contribution is -2.43. The molecule has 0 spiro atoms. The topological polar surface area (TPSA) is 128 Å². The SMILES string of the molecule is COc1ccc(F)cc1-c1ccc(C(=O)NS(=O)(=O)c2cccnc2N)c(N2CCC(C)C2(C)C)n1. The summed E-state index contributed by atoms with van der Waals surface area (Å²) in [5, 5.41) is 0. The van der Waals surface area contributed by atoms with Gasteiger partial charge in [-0.15, -0.1) is 0 Å². The summed E-state index contributed by atoms with van der Waals surface area (Å²) in [5.74, 6) is -0.573. The van der Waals surface area contributed by atoms with Crippen molar-refractivity contribution < 1.29 is 22.3 Å². The summed E-state index contributed by atoms with van der Waals surface area (Å²) in [6.45, 7) is 6.79. The van der Waals surface area contributed by atoms with E-state index < -0.39 is 21.7 Å². The highest BCUT2D eigenvalue weighted by Crippen LogP contribution is 2.40. The van der Waals surface area contributed by atoms with Gasteiger partial charge in [-0.1, -0.05) is 6.92 Å². The number of benzene rings is 1. The van der Waals surface area contributed by atoms with Crippen LogP contribution in [0, 0.1) is 11.7 Å². The molecule has 4 rings (SSSR count). The molecule has 1 unspecified atom stereocenters. The molecule has 0 saturated carbocycles. The smallest absolute Gasteiger partial charge is 0.268 e. The second kappa shape index (κ2) is 9.38. The summed E-state index contributed by atoms with van der Waals surface area (Å²) in [7, 11) is -2.83. The summed E-state index contributed by atoms with van der Waals surface area (Å²) < 4.78 is 47.4. The number of nitrogens with zero attached hydrogens (tertiary/aromatic N) is 3. The number of hydrogen-bond acceptors (Lipinski definition) is 8. The van der Waals surface area contributed by atoms with E-state index in [2.05, 4.69) is 16.6 Å². The number of sulfonamides is 1. The maximum atomic E-state index is 14.1. The number of nitrogens with two attached hydrogens (primary N) is 1. The Hall–Kier alpha value is -3.73. The third-order valence-electron chi connectivity index (χ3n) is 6.82. The Kier molecular flexibility index (Phi) is 6.61. The predicted molar refractivity (Wildman–Crippen MR) is 135 cm³/mol. The van der Waals surface area contributed by atoms with Gasteiger partial charge in [0.15, 0.2) is 0 Å². The number of anilines is 2. The average Bonchev–Trinajstić information content (AvgIpc) is 3.10. The van der Waals surface area contributed by atoms with E-state index in [-0.39, 0.29) is 27.7 Å². The molecule has 36 heavy (non-hydrogen) atoms. The standard InChI is InChI=1S/C25H28FN5O4S/c1-15-11-13-31(25(15,2)3)23-17(24(32)30-36(33,34)21-6-5-12-28-22(21)27)8-9-19(29-23)18-14-16(26)7-10-20(18)35-4/h5-10,12,14-15H,11,13H2,1-4H3,(H2,27,28)(H,30,32). The van der Waals surface area contributed by atoms with Crippen LogP contribution in [0.1, 0.15) is 37.6 Å². The zero-order valence-electron chi connectivity index (χ0n) is 20.4. The van der Waals surface area contributed by atoms with Crippen molar-refractivity contribution in [2.24, 2.45) is 5.92 Å². The van der Waals surface area contributed by atoms with Crippen LogP contribution in [-0.4, -0.2) is 43.5 Å². The van der Waals surface area contributed by atoms with Gasteiger partial charge in [0.25, 0.3) is 15.9 Å². The van der Waals surface area contributed by atoms with Gasteiger partial charge in [-0.05, 0) is 68.7 Å². The van der Waals surface area contributed by atoms with Gasteiger partial charge in [0.1, 0.15) is 28.1 Å². The van der Waals surface area contributed by atoms with E-state index in [4.69, 9.17) is 15.5 Å². The summed E-state index contributed by atoms with van der Waals surface area (Å²) in [6.07, 6.45) is 2.21. The van der Waals surface area contributed by atoms with Crippen LogP contribution in [0.5, 0.6) is 5.75 Å². The molecule has 3 heterocycles. The normalized spacial score (nSPS) is 17.1. The zero-order chi connectivity index (χ0) is 26.3. The van der Waals surface area contributed by atoms with Crippen LogP contribution in [0.4, 0.5) is 16.0 Å². The van der Waals surface area contributed by atoms with Crippen molar-refractivity contribution >= 4 is 27.6 Å². The average molecular weight is 514 g/mol. The van der Waals surface area contributed by atoms with Crippen LogP contribution in [0.3, 0.4) is 0 Å². The number of pyridine rings is 2. The van der Waals surface area contributed by atoms with Crippen LogP contribution >= 0.6 is 0 Å². The van der Waals surface area contributed by atoms with Gasteiger partial charge in [-0.2, -0.15) is 0 Å². The third-order valence-corrected chi connectivity index (χ3v) is 8.19. The Morgan fingerprint density at radius 2 is 2.00 bits per heavy atom. The number of methoxy groups -OCH3 is 1. The molecule has 9 nitrogen and oxygen atoms in total. The molecule has 1 aromatic carbocycles. The predicted octanol–water partition coefficient (Wildman–Crippen LogP) is 3.62. The van der Waals surface area contributed by atoms with Crippen LogP contribution < -0.4 is 20.1 Å². The number of aromatic nitrogens is 2. The number of nitrogen functional groups attached to an aromatic ring is 1. The van der Waals surface area contributed by atoms with E-state index in [1.807, 2.05) is 18.7 Å². The van der Waals surface area contributed by atoms with Crippen molar-refractivity contribution in [1.82, 2.24) is 14.7 Å².